The third-order valence-electron chi connectivity index (χ3n) is 6.53. The molecule has 0 saturated carbocycles. The fourth-order valence-electron chi connectivity index (χ4n) is 4.57. The van der Waals surface area contributed by atoms with Gasteiger partial charge in [0.15, 0.2) is 0 Å². The number of carbonyl (C=O) groups excluding carboxylic acids is 2. The van der Waals surface area contributed by atoms with Gasteiger partial charge in [-0.25, -0.2) is 4.79 Å². The lowest BCUT2D eigenvalue weighted by Gasteiger charge is -2.39. The van der Waals surface area contributed by atoms with Crippen LogP contribution in [0.25, 0.3) is 0 Å². The first-order valence-electron chi connectivity index (χ1n) is 12.3. The van der Waals surface area contributed by atoms with Crippen molar-refractivity contribution in [3.63, 3.8) is 0 Å². The molecule has 2 amide bonds. The molecule has 1 aliphatic rings. The molecular weight excluding hydrogens is 438 g/mol. The molecule has 1 fully saturated rings. The zero-order valence-electron chi connectivity index (χ0n) is 20.5. The van der Waals surface area contributed by atoms with Gasteiger partial charge >= 0.3 is 6.09 Å². The maximum atomic E-state index is 12.8. The summed E-state index contributed by atoms with van der Waals surface area (Å²) in [5.74, 6) is 0.426. The van der Waals surface area contributed by atoms with E-state index in [4.69, 9.17) is 4.74 Å². The smallest absolute Gasteiger partial charge is 0.410 e. The SMILES string of the molecule is CCN(CC)C(=O)c1ccc(OC(=O)N2CCN(C(c3ccccc3)c3ccccc3)CC2)cc1. The van der Waals surface area contributed by atoms with Crippen LogP contribution in [0.4, 0.5) is 4.79 Å². The van der Waals surface area contributed by atoms with Crippen LogP contribution in [0.5, 0.6) is 5.75 Å². The summed E-state index contributed by atoms with van der Waals surface area (Å²) >= 11 is 0. The molecular formula is C29H33N3O3. The van der Waals surface area contributed by atoms with Crippen molar-refractivity contribution in [2.75, 3.05) is 39.3 Å². The van der Waals surface area contributed by atoms with Gasteiger partial charge in [0, 0.05) is 44.8 Å². The monoisotopic (exact) mass is 471 g/mol. The average molecular weight is 472 g/mol. The zero-order valence-corrected chi connectivity index (χ0v) is 20.5. The maximum Gasteiger partial charge on any atom is 0.415 e. The third kappa shape index (κ3) is 5.89. The van der Waals surface area contributed by atoms with Crippen molar-refractivity contribution in [2.45, 2.75) is 19.9 Å². The number of carbonyl (C=O) groups is 2. The largest absolute Gasteiger partial charge is 0.415 e. The molecule has 1 aliphatic heterocycles. The Morgan fingerprint density at radius 1 is 0.771 bits per heavy atom. The van der Waals surface area contributed by atoms with Crippen molar-refractivity contribution in [3.8, 4) is 5.75 Å². The van der Waals surface area contributed by atoms with Crippen molar-refractivity contribution >= 4 is 12.0 Å². The molecule has 0 atom stereocenters. The number of piperazine rings is 1. The second-order valence-corrected chi connectivity index (χ2v) is 8.62. The number of ether oxygens (including phenoxy) is 1. The number of rotatable bonds is 7. The minimum Gasteiger partial charge on any atom is -0.410 e. The molecule has 0 N–H and O–H groups in total. The first kappa shape index (κ1) is 24.5. The molecule has 6 heteroatoms. The van der Waals surface area contributed by atoms with Crippen molar-refractivity contribution in [1.82, 2.24) is 14.7 Å². The summed E-state index contributed by atoms with van der Waals surface area (Å²) in [6, 6.07) is 27.9. The fourth-order valence-corrected chi connectivity index (χ4v) is 4.57. The first-order valence-corrected chi connectivity index (χ1v) is 12.3. The second kappa shape index (κ2) is 11.7. The molecule has 0 unspecified atom stereocenters. The minimum absolute atomic E-state index is 0.0182. The van der Waals surface area contributed by atoms with Crippen molar-refractivity contribution in [1.29, 1.82) is 0 Å². The number of amides is 2. The molecule has 0 spiro atoms. The normalized spacial score (nSPS) is 14.1. The van der Waals surface area contributed by atoms with Crippen LogP contribution >= 0.6 is 0 Å². The fraction of sp³-hybridized carbons (Fsp3) is 0.310. The van der Waals surface area contributed by atoms with Crippen LogP contribution < -0.4 is 4.74 Å². The van der Waals surface area contributed by atoms with Crippen LogP contribution in [-0.4, -0.2) is 66.0 Å². The van der Waals surface area contributed by atoms with E-state index in [1.807, 2.05) is 26.0 Å². The van der Waals surface area contributed by atoms with Gasteiger partial charge in [-0.15, -0.1) is 0 Å². The van der Waals surface area contributed by atoms with E-state index in [2.05, 4.69) is 53.4 Å². The number of benzene rings is 3. The summed E-state index contributed by atoms with van der Waals surface area (Å²) in [6.07, 6.45) is -0.358. The number of hydrogen-bond acceptors (Lipinski definition) is 4. The van der Waals surface area contributed by atoms with Gasteiger partial charge in [0.2, 0.25) is 0 Å². The summed E-state index contributed by atoms with van der Waals surface area (Å²) in [5, 5.41) is 0. The highest BCUT2D eigenvalue weighted by atomic mass is 16.6. The van der Waals surface area contributed by atoms with Crippen LogP contribution in [0, 0.1) is 0 Å². The molecule has 35 heavy (non-hydrogen) atoms. The van der Waals surface area contributed by atoms with E-state index < -0.39 is 0 Å². The topological polar surface area (TPSA) is 53.1 Å². The van der Waals surface area contributed by atoms with E-state index in [0.717, 1.165) is 13.1 Å². The Kier molecular flexibility index (Phi) is 8.16. The van der Waals surface area contributed by atoms with Crippen LogP contribution in [-0.2, 0) is 0 Å². The molecule has 0 aromatic heterocycles. The van der Waals surface area contributed by atoms with Gasteiger partial charge in [-0.3, -0.25) is 9.69 Å². The average Bonchev–Trinajstić information content (AvgIpc) is 2.91. The van der Waals surface area contributed by atoms with Gasteiger partial charge in [0.05, 0.1) is 6.04 Å². The van der Waals surface area contributed by atoms with Crippen LogP contribution in [0.15, 0.2) is 84.9 Å². The Balaban J connectivity index is 1.37. The summed E-state index contributed by atoms with van der Waals surface area (Å²) in [4.78, 5) is 31.2. The number of nitrogens with zero attached hydrogens (tertiary/aromatic N) is 3. The number of hydrogen-bond donors (Lipinski definition) is 0. The summed E-state index contributed by atoms with van der Waals surface area (Å²) in [7, 11) is 0. The molecule has 3 aromatic rings. The lowest BCUT2D eigenvalue weighted by molar-refractivity contribution is 0.0773. The minimum atomic E-state index is -0.358. The predicted octanol–water partition coefficient (Wildman–Crippen LogP) is 5.07. The standard InChI is InChI=1S/C29H33N3O3/c1-3-30(4-2)28(33)25-15-17-26(18-16-25)35-29(34)32-21-19-31(20-22-32)27(23-11-7-5-8-12-23)24-13-9-6-10-14-24/h5-18,27H,3-4,19-22H2,1-2H3. The molecule has 182 valence electrons. The Labute approximate surface area is 207 Å². The highest BCUT2D eigenvalue weighted by Gasteiger charge is 2.29. The molecule has 3 aromatic carbocycles. The van der Waals surface area contributed by atoms with Gasteiger partial charge in [0.1, 0.15) is 5.75 Å². The Morgan fingerprint density at radius 3 is 1.77 bits per heavy atom. The highest BCUT2D eigenvalue weighted by molar-refractivity contribution is 5.94. The molecule has 4 rings (SSSR count). The van der Waals surface area contributed by atoms with Gasteiger partial charge in [-0.2, -0.15) is 0 Å². The molecule has 0 bridgehead atoms. The lowest BCUT2D eigenvalue weighted by Crippen LogP contribution is -2.50. The summed E-state index contributed by atoms with van der Waals surface area (Å²) in [6.45, 7) is 7.92. The van der Waals surface area contributed by atoms with E-state index in [0.29, 0.717) is 37.5 Å². The molecule has 0 radical (unpaired) electrons. The van der Waals surface area contributed by atoms with E-state index in [1.165, 1.54) is 11.1 Å². The van der Waals surface area contributed by atoms with Crippen molar-refractivity contribution < 1.29 is 14.3 Å². The van der Waals surface area contributed by atoms with Gasteiger partial charge in [-0.1, -0.05) is 60.7 Å². The summed E-state index contributed by atoms with van der Waals surface area (Å²) in [5.41, 5.74) is 3.08. The Bertz CT molecular complexity index is 1050. The van der Waals surface area contributed by atoms with Crippen LogP contribution in [0.1, 0.15) is 41.4 Å². The van der Waals surface area contributed by atoms with Crippen molar-refractivity contribution in [2.24, 2.45) is 0 Å². The van der Waals surface area contributed by atoms with Gasteiger partial charge < -0.3 is 14.5 Å². The Hall–Kier alpha value is -3.64. The molecule has 1 saturated heterocycles. The molecule has 1 heterocycles. The highest BCUT2D eigenvalue weighted by Crippen LogP contribution is 2.29. The van der Waals surface area contributed by atoms with Crippen molar-refractivity contribution in [3.05, 3.63) is 102 Å². The first-order chi connectivity index (χ1) is 17.1. The lowest BCUT2D eigenvalue weighted by atomic mass is 9.96. The van der Waals surface area contributed by atoms with Crippen LogP contribution in [0.3, 0.4) is 0 Å². The Morgan fingerprint density at radius 2 is 1.29 bits per heavy atom. The maximum absolute atomic E-state index is 12.8. The van der Waals surface area contributed by atoms with Gasteiger partial charge in [-0.05, 0) is 49.2 Å². The van der Waals surface area contributed by atoms with E-state index in [-0.39, 0.29) is 18.0 Å². The third-order valence-corrected chi connectivity index (χ3v) is 6.53. The van der Waals surface area contributed by atoms with E-state index in [1.54, 1.807) is 34.1 Å². The predicted molar refractivity (Wildman–Crippen MR) is 138 cm³/mol. The quantitative estimate of drug-likeness (QED) is 0.483. The second-order valence-electron chi connectivity index (χ2n) is 8.62. The van der Waals surface area contributed by atoms with E-state index >= 15 is 0 Å². The molecule has 6 nitrogen and oxygen atoms in total. The summed E-state index contributed by atoms with van der Waals surface area (Å²) < 4.78 is 5.61. The van der Waals surface area contributed by atoms with E-state index in [9.17, 15) is 9.59 Å². The van der Waals surface area contributed by atoms with Crippen LogP contribution in [0.2, 0.25) is 0 Å². The zero-order chi connectivity index (χ0) is 24.6. The molecule has 0 aliphatic carbocycles. The van der Waals surface area contributed by atoms with Gasteiger partial charge in [0.25, 0.3) is 5.91 Å².